The molecule has 0 aliphatic rings. The molecule has 1 N–H and O–H groups in total. The van der Waals surface area contributed by atoms with Gasteiger partial charge in [-0.05, 0) is 47.6 Å². The predicted molar refractivity (Wildman–Crippen MR) is 104 cm³/mol. The van der Waals surface area contributed by atoms with Crippen molar-refractivity contribution >= 4 is 17.7 Å². The zero-order valence-corrected chi connectivity index (χ0v) is 15.7. The summed E-state index contributed by atoms with van der Waals surface area (Å²) in [7, 11) is 0. The van der Waals surface area contributed by atoms with Crippen molar-refractivity contribution in [2.24, 2.45) is 0 Å². The summed E-state index contributed by atoms with van der Waals surface area (Å²) in [6.45, 7) is 7.06. The van der Waals surface area contributed by atoms with E-state index in [2.05, 4.69) is 62.5 Å². The normalized spacial score (nSPS) is 10.6. The first-order valence-electron chi connectivity index (χ1n) is 8.63. The number of thioether (sulfide) groups is 1. The number of hydrogen-bond acceptors (Lipinski definition) is 2. The van der Waals surface area contributed by atoms with Crippen LogP contribution in [0.3, 0.4) is 0 Å². The molecule has 2 nitrogen and oxygen atoms in total. The standard InChI is InChI=1S/C21H27NOS/c1-4-17-10-11-18(5-2)20(12-17)13-22-21(23)15-24-14-19-9-7-6-8-16(19)3/h6-12H,4-5,13-15H2,1-3H3,(H,22,23). The van der Waals surface area contributed by atoms with Gasteiger partial charge < -0.3 is 5.32 Å². The summed E-state index contributed by atoms with van der Waals surface area (Å²) in [5.41, 5.74) is 6.48. The maximum atomic E-state index is 12.1. The Bertz CT molecular complexity index is 681. The molecule has 0 unspecified atom stereocenters. The third-order valence-corrected chi connectivity index (χ3v) is 5.27. The van der Waals surface area contributed by atoms with E-state index in [0.717, 1.165) is 18.6 Å². The van der Waals surface area contributed by atoms with E-state index in [9.17, 15) is 4.79 Å². The van der Waals surface area contributed by atoms with Crippen LogP contribution in [-0.4, -0.2) is 11.7 Å². The van der Waals surface area contributed by atoms with E-state index in [-0.39, 0.29) is 5.91 Å². The topological polar surface area (TPSA) is 29.1 Å². The molecule has 2 aromatic carbocycles. The zero-order valence-electron chi connectivity index (χ0n) is 14.9. The van der Waals surface area contributed by atoms with Gasteiger partial charge in [0.1, 0.15) is 0 Å². The lowest BCUT2D eigenvalue weighted by atomic mass is 10.0. The smallest absolute Gasteiger partial charge is 0.230 e. The zero-order chi connectivity index (χ0) is 17.4. The highest BCUT2D eigenvalue weighted by molar-refractivity contribution is 7.99. The third kappa shape index (κ3) is 5.41. The Morgan fingerprint density at radius 1 is 1.00 bits per heavy atom. The lowest BCUT2D eigenvalue weighted by Gasteiger charge is -2.11. The second kappa shape index (κ2) is 9.53. The first-order valence-corrected chi connectivity index (χ1v) is 9.79. The Morgan fingerprint density at radius 2 is 1.79 bits per heavy atom. The molecule has 0 spiro atoms. The summed E-state index contributed by atoms with van der Waals surface area (Å²) in [5, 5.41) is 3.07. The van der Waals surface area contributed by atoms with Gasteiger partial charge in [0.15, 0.2) is 0 Å². The molecule has 0 aliphatic carbocycles. The van der Waals surface area contributed by atoms with Crippen LogP contribution >= 0.6 is 11.8 Å². The van der Waals surface area contributed by atoms with Gasteiger partial charge >= 0.3 is 0 Å². The minimum atomic E-state index is 0.109. The van der Waals surface area contributed by atoms with Gasteiger partial charge in [-0.25, -0.2) is 0 Å². The van der Waals surface area contributed by atoms with E-state index in [1.54, 1.807) is 11.8 Å². The van der Waals surface area contributed by atoms with Crippen LogP contribution in [0, 0.1) is 6.92 Å². The molecule has 0 saturated heterocycles. The summed E-state index contributed by atoms with van der Waals surface area (Å²) < 4.78 is 0. The average molecular weight is 342 g/mol. The van der Waals surface area contributed by atoms with Crippen LogP contribution in [0.15, 0.2) is 42.5 Å². The van der Waals surface area contributed by atoms with Crippen molar-refractivity contribution in [2.75, 3.05) is 5.75 Å². The highest BCUT2D eigenvalue weighted by Crippen LogP contribution is 2.16. The van der Waals surface area contributed by atoms with Crippen LogP contribution in [-0.2, 0) is 29.9 Å². The Morgan fingerprint density at radius 3 is 2.50 bits per heavy atom. The van der Waals surface area contributed by atoms with E-state index in [1.165, 1.54) is 27.8 Å². The van der Waals surface area contributed by atoms with Crippen LogP contribution in [0.2, 0.25) is 0 Å². The second-order valence-corrected chi connectivity index (χ2v) is 6.99. The van der Waals surface area contributed by atoms with Crippen LogP contribution in [0.25, 0.3) is 0 Å². The second-order valence-electron chi connectivity index (χ2n) is 6.01. The van der Waals surface area contributed by atoms with Gasteiger partial charge in [-0.15, -0.1) is 11.8 Å². The molecular formula is C21H27NOS. The fourth-order valence-electron chi connectivity index (χ4n) is 2.68. The van der Waals surface area contributed by atoms with Crippen molar-refractivity contribution in [2.45, 2.75) is 45.9 Å². The number of rotatable bonds is 8. The fraction of sp³-hybridized carbons (Fsp3) is 0.381. The van der Waals surface area contributed by atoms with Crippen LogP contribution in [0.1, 0.15) is 41.7 Å². The van der Waals surface area contributed by atoms with E-state index < -0.39 is 0 Å². The van der Waals surface area contributed by atoms with Gasteiger partial charge in [0.25, 0.3) is 0 Å². The van der Waals surface area contributed by atoms with Crippen LogP contribution in [0.4, 0.5) is 0 Å². The van der Waals surface area contributed by atoms with Crippen molar-refractivity contribution < 1.29 is 4.79 Å². The highest BCUT2D eigenvalue weighted by atomic mass is 32.2. The summed E-state index contributed by atoms with van der Waals surface area (Å²) >= 11 is 1.67. The Kier molecular flexibility index (Phi) is 7.38. The summed E-state index contributed by atoms with van der Waals surface area (Å²) in [6.07, 6.45) is 2.02. The largest absolute Gasteiger partial charge is 0.351 e. The van der Waals surface area contributed by atoms with Crippen molar-refractivity contribution in [3.8, 4) is 0 Å². The van der Waals surface area contributed by atoms with E-state index in [0.29, 0.717) is 12.3 Å². The van der Waals surface area contributed by atoms with Crippen molar-refractivity contribution in [3.05, 3.63) is 70.3 Å². The SMILES string of the molecule is CCc1ccc(CC)c(CNC(=O)CSCc2ccccc2C)c1. The fourth-order valence-corrected chi connectivity index (χ4v) is 3.61. The molecule has 0 saturated carbocycles. The Labute approximate surface area is 150 Å². The van der Waals surface area contributed by atoms with Crippen LogP contribution in [0.5, 0.6) is 0 Å². The van der Waals surface area contributed by atoms with Gasteiger partial charge in [-0.3, -0.25) is 4.79 Å². The van der Waals surface area contributed by atoms with Gasteiger partial charge in [0.05, 0.1) is 5.75 Å². The molecule has 24 heavy (non-hydrogen) atoms. The van der Waals surface area contributed by atoms with Gasteiger partial charge in [0, 0.05) is 12.3 Å². The summed E-state index contributed by atoms with van der Waals surface area (Å²) in [5.74, 6) is 1.49. The number of nitrogens with one attached hydrogen (secondary N) is 1. The Hall–Kier alpha value is -1.74. The molecule has 0 heterocycles. The van der Waals surface area contributed by atoms with Gasteiger partial charge in [-0.2, -0.15) is 0 Å². The van der Waals surface area contributed by atoms with Crippen molar-refractivity contribution in [3.63, 3.8) is 0 Å². The molecule has 0 bridgehead atoms. The number of aryl methyl sites for hydroxylation is 3. The summed E-state index contributed by atoms with van der Waals surface area (Å²) in [4.78, 5) is 12.1. The summed E-state index contributed by atoms with van der Waals surface area (Å²) in [6, 6.07) is 14.9. The monoisotopic (exact) mass is 341 g/mol. The Balaban J connectivity index is 1.82. The number of benzene rings is 2. The minimum Gasteiger partial charge on any atom is -0.351 e. The first kappa shape index (κ1) is 18.6. The number of carbonyl (C=O) groups is 1. The van der Waals surface area contributed by atoms with Crippen molar-refractivity contribution in [1.82, 2.24) is 5.32 Å². The molecule has 3 heteroatoms. The molecule has 0 atom stereocenters. The quantitative estimate of drug-likeness (QED) is 0.756. The van der Waals surface area contributed by atoms with E-state index in [4.69, 9.17) is 0 Å². The minimum absolute atomic E-state index is 0.109. The number of hydrogen-bond donors (Lipinski definition) is 1. The lowest BCUT2D eigenvalue weighted by Crippen LogP contribution is -2.25. The number of amides is 1. The maximum absolute atomic E-state index is 12.1. The van der Waals surface area contributed by atoms with Crippen molar-refractivity contribution in [1.29, 1.82) is 0 Å². The first-order chi connectivity index (χ1) is 11.6. The van der Waals surface area contributed by atoms with Crippen LogP contribution < -0.4 is 5.32 Å². The molecule has 0 aromatic heterocycles. The molecule has 0 aliphatic heterocycles. The molecule has 2 rings (SSSR count). The third-order valence-electron chi connectivity index (χ3n) is 4.29. The average Bonchev–Trinajstić information content (AvgIpc) is 2.61. The van der Waals surface area contributed by atoms with Gasteiger partial charge in [0.2, 0.25) is 5.91 Å². The molecule has 2 aromatic rings. The highest BCUT2D eigenvalue weighted by Gasteiger charge is 2.06. The molecule has 0 fully saturated rings. The molecule has 0 radical (unpaired) electrons. The molecular weight excluding hydrogens is 314 g/mol. The lowest BCUT2D eigenvalue weighted by molar-refractivity contribution is -0.118. The van der Waals surface area contributed by atoms with Gasteiger partial charge in [-0.1, -0.05) is 56.3 Å². The molecule has 1 amide bonds. The van der Waals surface area contributed by atoms with E-state index in [1.807, 2.05) is 6.07 Å². The van der Waals surface area contributed by atoms with E-state index >= 15 is 0 Å². The maximum Gasteiger partial charge on any atom is 0.230 e. The predicted octanol–water partition coefficient (Wildman–Crippen LogP) is 4.67. The number of carbonyl (C=O) groups excluding carboxylic acids is 1. The molecule has 128 valence electrons.